The number of H-pyrrole nitrogens is 1. The van der Waals surface area contributed by atoms with Gasteiger partial charge in [0.25, 0.3) is 5.91 Å². The fourth-order valence-corrected chi connectivity index (χ4v) is 2.68. The molecule has 19 heavy (non-hydrogen) atoms. The molecule has 1 saturated heterocycles. The molecule has 1 aromatic carbocycles. The maximum absolute atomic E-state index is 12.2. The normalized spacial score (nSPS) is 16.6. The maximum atomic E-state index is 12.2. The second-order valence-electron chi connectivity index (χ2n) is 5.15. The van der Waals surface area contributed by atoms with Gasteiger partial charge in [-0.05, 0) is 37.9 Å². The zero-order valence-electron chi connectivity index (χ0n) is 10.9. The van der Waals surface area contributed by atoms with Gasteiger partial charge in [-0.25, -0.2) is 0 Å². The average Bonchev–Trinajstić information content (AvgIpc) is 2.90. The molecule has 1 aromatic heterocycles. The van der Waals surface area contributed by atoms with Gasteiger partial charge in [0.15, 0.2) is 0 Å². The Kier molecular flexibility index (Phi) is 3.51. The van der Waals surface area contributed by atoms with Crippen molar-refractivity contribution in [3.8, 4) is 0 Å². The second kappa shape index (κ2) is 5.45. The predicted octanol–water partition coefficient (Wildman–Crippen LogP) is 1.90. The molecule has 0 spiro atoms. The number of nitrogens with one attached hydrogen (secondary N) is 3. The van der Waals surface area contributed by atoms with Crippen molar-refractivity contribution in [2.24, 2.45) is 5.92 Å². The van der Waals surface area contributed by atoms with Crippen LogP contribution in [0.3, 0.4) is 0 Å². The van der Waals surface area contributed by atoms with Crippen LogP contribution in [0.15, 0.2) is 30.5 Å². The van der Waals surface area contributed by atoms with Crippen LogP contribution in [0.2, 0.25) is 0 Å². The fourth-order valence-electron chi connectivity index (χ4n) is 2.68. The third-order valence-electron chi connectivity index (χ3n) is 3.84. The van der Waals surface area contributed by atoms with E-state index in [-0.39, 0.29) is 5.91 Å². The predicted molar refractivity (Wildman–Crippen MR) is 76.2 cm³/mol. The summed E-state index contributed by atoms with van der Waals surface area (Å²) in [6, 6.07) is 7.89. The number of rotatable bonds is 3. The molecular formula is C15H19N3O. The Labute approximate surface area is 112 Å². The van der Waals surface area contributed by atoms with E-state index in [1.807, 2.05) is 24.3 Å². The van der Waals surface area contributed by atoms with Gasteiger partial charge in [0.1, 0.15) is 0 Å². The van der Waals surface area contributed by atoms with Gasteiger partial charge in [-0.1, -0.05) is 18.2 Å². The van der Waals surface area contributed by atoms with E-state index >= 15 is 0 Å². The van der Waals surface area contributed by atoms with E-state index in [0.717, 1.165) is 48.9 Å². The minimum atomic E-state index is 0.0241. The number of benzene rings is 1. The molecule has 1 aliphatic rings. The largest absolute Gasteiger partial charge is 0.360 e. The number of carbonyl (C=O) groups is 1. The zero-order chi connectivity index (χ0) is 13.1. The molecule has 0 unspecified atom stereocenters. The van der Waals surface area contributed by atoms with Gasteiger partial charge in [0.2, 0.25) is 0 Å². The number of hydrogen-bond donors (Lipinski definition) is 3. The molecule has 2 heterocycles. The van der Waals surface area contributed by atoms with Crippen LogP contribution in [0.25, 0.3) is 10.9 Å². The molecule has 1 fully saturated rings. The number of para-hydroxylation sites is 1. The van der Waals surface area contributed by atoms with E-state index in [9.17, 15) is 4.79 Å². The van der Waals surface area contributed by atoms with Crippen molar-refractivity contribution < 1.29 is 4.79 Å². The third kappa shape index (κ3) is 2.63. The molecule has 3 N–H and O–H groups in total. The number of aromatic amines is 1. The standard InChI is InChI=1S/C15H19N3O/c19-15(18-9-11-5-7-16-8-6-11)13-10-17-14-4-2-1-3-12(13)14/h1-4,10-11,16-17H,5-9H2,(H,18,19). The first-order valence-electron chi connectivity index (χ1n) is 6.89. The SMILES string of the molecule is O=C(NCC1CCNCC1)c1c[nH]c2ccccc12. The lowest BCUT2D eigenvalue weighted by Gasteiger charge is -2.22. The average molecular weight is 257 g/mol. The topological polar surface area (TPSA) is 56.9 Å². The summed E-state index contributed by atoms with van der Waals surface area (Å²) in [4.78, 5) is 15.4. The van der Waals surface area contributed by atoms with Crippen molar-refractivity contribution in [2.45, 2.75) is 12.8 Å². The van der Waals surface area contributed by atoms with Crippen molar-refractivity contribution in [1.82, 2.24) is 15.6 Å². The van der Waals surface area contributed by atoms with Crippen molar-refractivity contribution in [1.29, 1.82) is 0 Å². The van der Waals surface area contributed by atoms with E-state index < -0.39 is 0 Å². The molecule has 0 atom stereocenters. The molecule has 1 amide bonds. The molecular weight excluding hydrogens is 238 g/mol. The number of aromatic nitrogens is 1. The van der Waals surface area contributed by atoms with Crippen LogP contribution in [-0.4, -0.2) is 30.5 Å². The lowest BCUT2D eigenvalue weighted by atomic mass is 9.98. The molecule has 4 nitrogen and oxygen atoms in total. The van der Waals surface area contributed by atoms with Gasteiger partial charge >= 0.3 is 0 Å². The van der Waals surface area contributed by atoms with Crippen LogP contribution in [0.1, 0.15) is 23.2 Å². The summed E-state index contributed by atoms with van der Waals surface area (Å²) in [7, 11) is 0. The Bertz CT molecular complexity index is 570. The van der Waals surface area contributed by atoms with Crippen molar-refractivity contribution in [3.05, 3.63) is 36.0 Å². The van der Waals surface area contributed by atoms with Crippen molar-refractivity contribution in [3.63, 3.8) is 0 Å². The lowest BCUT2D eigenvalue weighted by molar-refractivity contribution is 0.0946. The van der Waals surface area contributed by atoms with Gasteiger partial charge in [0, 0.05) is 23.6 Å². The Morgan fingerprint density at radius 2 is 2.05 bits per heavy atom. The highest BCUT2D eigenvalue weighted by atomic mass is 16.1. The van der Waals surface area contributed by atoms with Gasteiger partial charge in [-0.2, -0.15) is 0 Å². The van der Waals surface area contributed by atoms with Gasteiger partial charge in [0.05, 0.1) is 5.56 Å². The monoisotopic (exact) mass is 257 g/mol. The van der Waals surface area contributed by atoms with E-state index in [1.165, 1.54) is 0 Å². The zero-order valence-corrected chi connectivity index (χ0v) is 10.9. The number of piperidine rings is 1. The minimum absolute atomic E-state index is 0.0241. The first-order chi connectivity index (χ1) is 9.34. The summed E-state index contributed by atoms with van der Waals surface area (Å²) in [6.45, 7) is 2.90. The molecule has 0 bridgehead atoms. The summed E-state index contributed by atoms with van der Waals surface area (Å²) in [5, 5.41) is 7.39. The molecule has 0 aliphatic carbocycles. The van der Waals surface area contributed by atoms with E-state index in [1.54, 1.807) is 6.20 Å². The highest BCUT2D eigenvalue weighted by molar-refractivity contribution is 6.06. The summed E-state index contributed by atoms with van der Waals surface area (Å²) >= 11 is 0. The summed E-state index contributed by atoms with van der Waals surface area (Å²) in [5.74, 6) is 0.631. The second-order valence-corrected chi connectivity index (χ2v) is 5.15. The van der Waals surface area contributed by atoms with Crippen molar-refractivity contribution >= 4 is 16.8 Å². The summed E-state index contributed by atoms with van der Waals surface area (Å²) in [5.41, 5.74) is 1.75. The smallest absolute Gasteiger partial charge is 0.253 e. The molecule has 1 aliphatic heterocycles. The number of fused-ring (bicyclic) bond motifs is 1. The number of carbonyl (C=O) groups excluding carboxylic acids is 1. The van der Waals surface area contributed by atoms with Crippen LogP contribution in [-0.2, 0) is 0 Å². The first kappa shape index (κ1) is 12.2. The van der Waals surface area contributed by atoms with Crippen LogP contribution in [0, 0.1) is 5.92 Å². The molecule has 0 saturated carbocycles. The Morgan fingerprint density at radius 1 is 1.26 bits per heavy atom. The molecule has 0 radical (unpaired) electrons. The summed E-state index contributed by atoms with van der Waals surface area (Å²) < 4.78 is 0. The Hall–Kier alpha value is -1.81. The third-order valence-corrected chi connectivity index (χ3v) is 3.84. The van der Waals surface area contributed by atoms with Gasteiger partial charge in [-0.3, -0.25) is 4.79 Å². The fraction of sp³-hybridized carbons (Fsp3) is 0.400. The molecule has 2 aromatic rings. The van der Waals surface area contributed by atoms with Gasteiger partial charge < -0.3 is 15.6 Å². The van der Waals surface area contributed by atoms with Crippen molar-refractivity contribution in [2.75, 3.05) is 19.6 Å². The lowest BCUT2D eigenvalue weighted by Crippen LogP contribution is -2.35. The van der Waals surface area contributed by atoms with E-state index in [2.05, 4.69) is 15.6 Å². The Balaban J connectivity index is 1.66. The summed E-state index contributed by atoms with van der Waals surface area (Å²) in [6.07, 6.45) is 4.09. The highest BCUT2D eigenvalue weighted by Gasteiger charge is 2.16. The highest BCUT2D eigenvalue weighted by Crippen LogP contribution is 2.17. The molecule has 100 valence electrons. The van der Waals surface area contributed by atoms with Gasteiger partial charge in [-0.15, -0.1) is 0 Å². The van der Waals surface area contributed by atoms with Crippen LogP contribution in [0.4, 0.5) is 0 Å². The van der Waals surface area contributed by atoms with Crippen LogP contribution in [0.5, 0.6) is 0 Å². The molecule has 3 rings (SSSR count). The quantitative estimate of drug-likeness (QED) is 0.786. The maximum Gasteiger partial charge on any atom is 0.253 e. The number of hydrogen-bond acceptors (Lipinski definition) is 2. The van der Waals surface area contributed by atoms with E-state index in [4.69, 9.17) is 0 Å². The van der Waals surface area contributed by atoms with Crippen LogP contribution < -0.4 is 10.6 Å². The molecule has 4 heteroatoms. The first-order valence-corrected chi connectivity index (χ1v) is 6.89. The van der Waals surface area contributed by atoms with Crippen LogP contribution >= 0.6 is 0 Å². The number of amides is 1. The Morgan fingerprint density at radius 3 is 2.89 bits per heavy atom. The minimum Gasteiger partial charge on any atom is -0.360 e. The van der Waals surface area contributed by atoms with E-state index in [0.29, 0.717) is 5.92 Å².